The number of carbonyl (C=O) groups is 1. The minimum absolute atomic E-state index is 0.0652. The molecular weight excluding hydrogens is 281 g/mol. The van der Waals surface area contributed by atoms with Crippen molar-refractivity contribution in [2.24, 2.45) is 0 Å². The molecule has 4 heteroatoms. The fourth-order valence-corrected chi connectivity index (χ4v) is 2.98. The van der Waals surface area contributed by atoms with Gasteiger partial charge in [-0.15, -0.1) is 0 Å². The number of anilines is 1. The topological polar surface area (TPSA) is 29.5 Å². The van der Waals surface area contributed by atoms with Crippen LogP contribution in [-0.4, -0.2) is 19.1 Å². The SMILES string of the molecule is COc1ccccc1C(=O)N1c2ccc(F)cc2CC[C@@H]1C. The normalized spacial score (nSPS) is 17.0. The molecule has 0 saturated carbocycles. The molecule has 0 radical (unpaired) electrons. The lowest BCUT2D eigenvalue weighted by molar-refractivity contribution is 0.0972. The monoisotopic (exact) mass is 299 g/mol. The molecule has 1 heterocycles. The van der Waals surface area contributed by atoms with E-state index in [4.69, 9.17) is 4.74 Å². The van der Waals surface area contributed by atoms with E-state index in [0.717, 1.165) is 24.1 Å². The van der Waals surface area contributed by atoms with Gasteiger partial charge in [-0.2, -0.15) is 0 Å². The molecule has 3 rings (SSSR count). The molecule has 0 bridgehead atoms. The highest BCUT2D eigenvalue weighted by atomic mass is 19.1. The van der Waals surface area contributed by atoms with Crippen molar-refractivity contribution in [3.8, 4) is 5.75 Å². The maximum atomic E-state index is 13.4. The highest BCUT2D eigenvalue weighted by Crippen LogP contribution is 2.33. The number of benzene rings is 2. The number of halogens is 1. The van der Waals surface area contributed by atoms with Gasteiger partial charge in [0.15, 0.2) is 0 Å². The Labute approximate surface area is 129 Å². The largest absolute Gasteiger partial charge is 0.496 e. The molecule has 0 aromatic heterocycles. The van der Waals surface area contributed by atoms with E-state index in [-0.39, 0.29) is 17.8 Å². The van der Waals surface area contributed by atoms with E-state index < -0.39 is 0 Å². The van der Waals surface area contributed by atoms with Gasteiger partial charge in [0.2, 0.25) is 0 Å². The zero-order valence-corrected chi connectivity index (χ0v) is 12.7. The number of hydrogen-bond acceptors (Lipinski definition) is 2. The van der Waals surface area contributed by atoms with Gasteiger partial charge in [0.1, 0.15) is 11.6 Å². The van der Waals surface area contributed by atoms with Gasteiger partial charge in [0.25, 0.3) is 5.91 Å². The predicted octanol–water partition coefficient (Wildman–Crippen LogP) is 3.82. The summed E-state index contributed by atoms with van der Waals surface area (Å²) in [6, 6.07) is 11.8. The van der Waals surface area contributed by atoms with Crippen LogP contribution in [0.4, 0.5) is 10.1 Å². The van der Waals surface area contributed by atoms with Crippen LogP contribution in [0, 0.1) is 5.82 Å². The average Bonchev–Trinajstić information content (AvgIpc) is 2.54. The first kappa shape index (κ1) is 14.6. The van der Waals surface area contributed by atoms with Gasteiger partial charge in [-0.05, 0) is 55.7 Å². The van der Waals surface area contributed by atoms with E-state index in [1.165, 1.54) is 12.1 Å². The van der Waals surface area contributed by atoms with Gasteiger partial charge in [-0.3, -0.25) is 4.79 Å². The Morgan fingerprint density at radius 3 is 2.82 bits per heavy atom. The second-order valence-corrected chi connectivity index (χ2v) is 5.54. The van der Waals surface area contributed by atoms with E-state index >= 15 is 0 Å². The molecule has 1 aliphatic rings. The van der Waals surface area contributed by atoms with E-state index in [1.807, 2.05) is 19.1 Å². The fraction of sp³-hybridized carbons (Fsp3) is 0.278. The maximum Gasteiger partial charge on any atom is 0.262 e. The molecule has 0 unspecified atom stereocenters. The van der Waals surface area contributed by atoms with Gasteiger partial charge < -0.3 is 9.64 Å². The molecule has 1 aliphatic heterocycles. The van der Waals surface area contributed by atoms with Crippen LogP contribution < -0.4 is 9.64 Å². The Morgan fingerprint density at radius 2 is 2.05 bits per heavy atom. The number of para-hydroxylation sites is 1. The summed E-state index contributed by atoms with van der Waals surface area (Å²) >= 11 is 0. The molecule has 22 heavy (non-hydrogen) atoms. The Hall–Kier alpha value is -2.36. The Balaban J connectivity index is 2.06. The second-order valence-electron chi connectivity index (χ2n) is 5.54. The first-order chi connectivity index (χ1) is 10.6. The number of rotatable bonds is 2. The Bertz CT molecular complexity index is 714. The summed E-state index contributed by atoms with van der Waals surface area (Å²) < 4.78 is 18.7. The Kier molecular flexibility index (Phi) is 3.84. The summed E-state index contributed by atoms with van der Waals surface area (Å²) in [5.74, 6) is 0.171. The van der Waals surface area contributed by atoms with E-state index in [1.54, 1.807) is 30.2 Å². The molecular formula is C18H18FNO2. The van der Waals surface area contributed by atoms with Crippen molar-refractivity contribution in [1.82, 2.24) is 0 Å². The van der Waals surface area contributed by atoms with Crippen molar-refractivity contribution in [2.75, 3.05) is 12.0 Å². The highest BCUT2D eigenvalue weighted by molar-refractivity contribution is 6.08. The van der Waals surface area contributed by atoms with Crippen molar-refractivity contribution in [2.45, 2.75) is 25.8 Å². The number of nitrogens with zero attached hydrogens (tertiary/aromatic N) is 1. The zero-order chi connectivity index (χ0) is 15.7. The van der Waals surface area contributed by atoms with Crippen molar-refractivity contribution < 1.29 is 13.9 Å². The van der Waals surface area contributed by atoms with Crippen molar-refractivity contribution in [1.29, 1.82) is 0 Å². The van der Waals surface area contributed by atoms with Crippen molar-refractivity contribution in [3.63, 3.8) is 0 Å². The molecule has 114 valence electrons. The van der Waals surface area contributed by atoms with Crippen LogP contribution in [0.1, 0.15) is 29.3 Å². The number of ether oxygens (including phenoxy) is 1. The molecule has 2 aromatic carbocycles. The first-order valence-corrected chi connectivity index (χ1v) is 7.37. The lowest BCUT2D eigenvalue weighted by Gasteiger charge is -2.35. The summed E-state index contributed by atoms with van der Waals surface area (Å²) in [5.41, 5.74) is 2.19. The minimum atomic E-state index is -0.266. The van der Waals surface area contributed by atoms with Crippen LogP contribution >= 0.6 is 0 Å². The quantitative estimate of drug-likeness (QED) is 0.844. The van der Waals surface area contributed by atoms with Crippen LogP contribution in [0.25, 0.3) is 0 Å². The summed E-state index contributed by atoms with van der Waals surface area (Å²) in [5, 5.41) is 0. The molecule has 0 N–H and O–H groups in total. The van der Waals surface area contributed by atoms with Gasteiger partial charge >= 0.3 is 0 Å². The minimum Gasteiger partial charge on any atom is -0.496 e. The van der Waals surface area contributed by atoms with Crippen molar-refractivity contribution >= 4 is 11.6 Å². The summed E-state index contributed by atoms with van der Waals surface area (Å²) in [6.07, 6.45) is 1.60. The van der Waals surface area contributed by atoms with E-state index in [2.05, 4.69) is 0 Å². The third kappa shape index (κ3) is 2.45. The van der Waals surface area contributed by atoms with Crippen LogP contribution in [-0.2, 0) is 6.42 Å². The third-order valence-electron chi connectivity index (χ3n) is 4.13. The molecule has 1 atom stereocenters. The zero-order valence-electron chi connectivity index (χ0n) is 12.7. The standard InChI is InChI=1S/C18H18FNO2/c1-12-7-8-13-11-14(19)9-10-16(13)20(12)18(21)15-5-3-4-6-17(15)22-2/h3-6,9-12H,7-8H2,1-2H3/t12-/m0/s1. The number of methoxy groups -OCH3 is 1. The third-order valence-corrected chi connectivity index (χ3v) is 4.13. The molecule has 0 saturated heterocycles. The van der Waals surface area contributed by atoms with Gasteiger partial charge in [-0.1, -0.05) is 12.1 Å². The average molecular weight is 299 g/mol. The molecule has 0 spiro atoms. The lowest BCUT2D eigenvalue weighted by Crippen LogP contribution is -2.42. The molecule has 0 aliphatic carbocycles. The number of fused-ring (bicyclic) bond motifs is 1. The smallest absolute Gasteiger partial charge is 0.262 e. The van der Waals surface area contributed by atoms with Gasteiger partial charge in [0, 0.05) is 11.7 Å². The van der Waals surface area contributed by atoms with Gasteiger partial charge in [-0.25, -0.2) is 4.39 Å². The number of amides is 1. The van der Waals surface area contributed by atoms with E-state index in [9.17, 15) is 9.18 Å². The predicted molar refractivity (Wildman–Crippen MR) is 84.0 cm³/mol. The summed E-state index contributed by atoms with van der Waals surface area (Å²) in [6.45, 7) is 2.01. The maximum absolute atomic E-state index is 13.4. The van der Waals surface area contributed by atoms with Crippen LogP contribution in [0.2, 0.25) is 0 Å². The molecule has 1 amide bonds. The number of hydrogen-bond donors (Lipinski definition) is 0. The van der Waals surface area contributed by atoms with Crippen LogP contribution in [0.3, 0.4) is 0 Å². The summed E-state index contributed by atoms with van der Waals surface area (Å²) in [4.78, 5) is 14.7. The second kappa shape index (κ2) is 5.79. The van der Waals surface area contributed by atoms with E-state index in [0.29, 0.717) is 11.3 Å². The van der Waals surface area contributed by atoms with Crippen LogP contribution in [0.15, 0.2) is 42.5 Å². The number of carbonyl (C=O) groups excluding carboxylic acids is 1. The Morgan fingerprint density at radius 1 is 1.27 bits per heavy atom. The van der Waals surface area contributed by atoms with Crippen molar-refractivity contribution in [3.05, 3.63) is 59.4 Å². The summed E-state index contributed by atoms with van der Waals surface area (Å²) in [7, 11) is 1.55. The molecule has 2 aromatic rings. The van der Waals surface area contributed by atoms with Crippen LogP contribution in [0.5, 0.6) is 5.75 Å². The lowest BCUT2D eigenvalue weighted by atomic mass is 9.95. The molecule has 0 fully saturated rings. The molecule has 3 nitrogen and oxygen atoms in total. The fourth-order valence-electron chi connectivity index (χ4n) is 2.98. The van der Waals surface area contributed by atoms with Gasteiger partial charge in [0.05, 0.1) is 12.7 Å². The highest BCUT2D eigenvalue weighted by Gasteiger charge is 2.30. The number of aryl methyl sites for hydroxylation is 1. The first-order valence-electron chi connectivity index (χ1n) is 7.37.